The van der Waals surface area contributed by atoms with Crippen molar-refractivity contribution in [3.8, 4) is 0 Å². The van der Waals surface area contributed by atoms with Crippen molar-refractivity contribution in [1.82, 2.24) is 0 Å². The molecule has 0 unspecified atom stereocenters. The van der Waals surface area contributed by atoms with Crippen LogP contribution in [0.3, 0.4) is 0 Å². The van der Waals surface area contributed by atoms with Crippen LogP contribution in [0.2, 0.25) is 0 Å². The summed E-state index contributed by atoms with van der Waals surface area (Å²) in [6.07, 6.45) is 0. The maximum Gasteiger partial charge on any atom is 0.187 e. The molecule has 0 saturated heterocycles. The molecule has 0 aliphatic carbocycles. The van der Waals surface area contributed by atoms with E-state index < -0.39 is 0 Å². The van der Waals surface area contributed by atoms with Gasteiger partial charge < -0.3 is 16.4 Å². The summed E-state index contributed by atoms with van der Waals surface area (Å²) in [5.74, 6) is 0. The minimum Gasteiger partial charge on any atom is -0.412 e. The first-order valence-electron chi connectivity index (χ1n) is 0. The molecule has 0 spiro atoms. The molecule has 0 rings (SSSR count). The smallest absolute Gasteiger partial charge is 0.187 e. The van der Waals surface area contributed by atoms with Crippen molar-refractivity contribution in [3.63, 3.8) is 0 Å². The van der Waals surface area contributed by atoms with Crippen LogP contribution in [0.15, 0.2) is 0 Å². The van der Waals surface area contributed by atoms with E-state index in [9.17, 15) is 0 Å². The standard InChI is InChI=1S/4Al.3Mo.3H2O.6H/h;;;;;;;3*1H2;;;;;;. The predicted molar refractivity (Wildman–Crippen MR) is 42.2 cm³/mol. The Morgan fingerprint density at radius 2 is 0.400 bits per heavy atom. The van der Waals surface area contributed by atoms with Crippen molar-refractivity contribution in [3.05, 3.63) is 0 Å². The van der Waals surface area contributed by atoms with E-state index in [1.165, 1.54) is 0 Å². The fourth-order valence-electron chi connectivity index (χ4n) is 0. The third kappa shape index (κ3) is 89.2. The van der Waals surface area contributed by atoms with Crippen LogP contribution in [-0.2, 0) is 63.2 Å². The monoisotopic (exact) mass is 462 g/mol. The molecular formula is H12Al4Mo3O3. The topological polar surface area (TPSA) is 94.5 Å². The molecule has 60 valence electrons. The molecule has 6 N–H and O–H groups in total. The molecule has 0 aromatic rings. The van der Waals surface area contributed by atoms with Gasteiger partial charge in [0.1, 0.15) is 0 Å². The first-order chi connectivity index (χ1) is 0. The first kappa shape index (κ1) is 145. The van der Waals surface area contributed by atoms with Crippen LogP contribution in [0.25, 0.3) is 0 Å². The van der Waals surface area contributed by atoms with Crippen LogP contribution in [0.1, 0.15) is 0 Å². The van der Waals surface area contributed by atoms with Crippen LogP contribution < -0.4 is 0 Å². The van der Waals surface area contributed by atoms with E-state index in [1.807, 2.05) is 0 Å². The molecule has 0 saturated carbocycles. The summed E-state index contributed by atoms with van der Waals surface area (Å²) >= 11 is 0. The van der Waals surface area contributed by atoms with Crippen LogP contribution in [-0.4, -0.2) is 85.9 Å². The second-order valence-corrected chi connectivity index (χ2v) is 0. The van der Waals surface area contributed by atoms with Gasteiger partial charge in [-0.2, -0.15) is 0 Å². The van der Waals surface area contributed by atoms with Crippen molar-refractivity contribution in [2.75, 3.05) is 0 Å². The molecule has 0 bridgehead atoms. The van der Waals surface area contributed by atoms with E-state index in [0.717, 1.165) is 0 Å². The normalized spacial score (nSPS) is 0. The summed E-state index contributed by atoms with van der Waals surface area (Å²) < 4.78 is 0. The molecule has 0 aromatic carbocycles. The van der Waals surface area contributed by atoms with Crippen molar-refractivity contribution in [2.45, 2.75) is 0 Å². The van der Waals surface area contributed by atoms with Gasteiger partial charge in [-0.05, 0) is 0 Å². The van der Waals surface area contributed by atoms with Gasteiger partial charge in [-0.1, -0.05) is 0 Å². The van der Waals surface area contributed by atoms with Gasteiger partial charge >= 0.3 is 0 Å². The summed E-state index contributed by atoms with van der Waals surface area (Å²) in [7, 11) is 0. The van der Waals surface area contributed by atoms with E-state index in [1.54, 1.807) is 0 Å². The van der Waals surface area contributed by atoms with Crippen molar-refractivity contribution in [2.24, 2.45) is 0 Å². The number of hydrogen-bond donors (Lipinski definition) is 0. The Morgan fingerprint density at radius 3 is 0.400 bits per heavy atom. The van der Waals surface area contributed by atoms with Gasteiger partial charge in [-0.25, -0.2) is 0 Å². The minimum atomic E-state index is 0. The predicted octanol–water partition coefficient (Wildman–Crippen LogP) is -5.61. The van der Waals surface area contributed by atoms with E-state index in [2.05, 4.69) is 0 Å². The summed E-state index contributed by atoms with van der Waals surface area (Å²) in [5, 5.41) is 0. The second-order valence-electron chi connectivity index (χ2n) is 0. The van der Waals surface area contributed by atoms with E-state index in [4.69, 9.17) is 0 Å². The van der Waals surface area contributed by atoms with Gasteiger partial charge in [0.05, 0.1) is 0 Å². The van der Waals surface area contributed by atoms with Crippen LogP contribution in [0.4, 0.5) is 0 Å². The largest absolute Gasteiger partial charge is 0.412 e. The zero-order valence-corrected chi connectivity index (χ0v) is 12.2. The zero-order valence-electron chi connectivity index (χ0n) is 3.88. The molecule has 0 heterocycles. The summed E-state index contributed by atoms with van der Waals surface area (Å²) in [6.45, 7) is 0. The second kappa shape index (κ2) is 115. The fraction of sp³-hybridized carbons (Fsp3) is 0. The number of hydrogen-bond acceptors (Lipinski definition) is 0. The Labute approximate surface area is 146 Å². The Morgan fingerprint density at radius 1 is 0.400 bits per heavy atom. The van der Waals surface area contributed by atoms with E-state index in [0.29, 0.717) is 0 Å². The molecule has 0 aromatic heterocycles. The quantitative estimate of drug-likeness (QED) is 0.326. The van der Waals surface area contributed by atoms with Crippen molar-refractivity contribution < 1.29 is 79.6 Å². The average molecular weight is 456 g/mol. The molecule has 0 aliphatic rings. The Kier molecular flexibility index (Phi) is 1660. The van der Waals surface area contributed by atoms with E-state index in [-0.39, 0.29) is 149 Å². The molecule has 0 amide bonds. The Hall–Kier alpha value is 4.07. The molecule has 10 heteroatoms. The van der Waals surface area contributed by atoms with Gasteiger partial charge in [0.25, 0.3) is 0 Å². The van der Waals surface area contributed by atoms with Crippen LogP contribution in [0, 0.1) is 0 Å². The Balaban J connectivity index is 0. The van der Waals surface area contributed by atoms with Crippen molar-refractivity contribution in [1.29, 1.82) is 0 Å². The van der Waals surface area contributed by atoms with E-state index >= 15 is 0 Å². The van der Waals surface area contributed by atoms with Crippen LogP contribution >= 0.6 is 0 Å². The van der Waals surface area contributed by atoms with Gasteiger partial charge in [0.2, 0.25) is 0 Å². The zero-order chi connectivity index (χ0) is 0. The third-order valence-corrected chi connectivity index (χ3v) is 0. The first-order valence-corrected chi connectivity index (χ1v) is 0. The summed E-state index contributed by atoms with van der Waals surface area (Å²) in [4.78, 5) is 0. The maximum absolute atomic E-state index is 0. The van der Waals surface area contributed by atoms with Crippen LogP contribution in [0.5, 0.6) is 0 Å². The van der Waals surface area contributed by atoms with Gasteiger partial charge in [0.15, 0.2) is 34.7 Å². The molecule has 3 nitrogen and oxygen atoms in total. The molecule has 0 fully saturated rings. The Bertz CT molecular complexity index is 15.7. The summed E-state index contributed by atoms with van der Waals surface area (Å²) in [5.41, 5.74) is 0. The molecule has 10 heavy (non-hydrogen) atoms. The number of rotatable bonds is 0. The third-order valence-electron chi connectivity index (χ3n) is 0. The minimum absolute atomic E-state index is 0. The maximum atomic E-state index is 0. The fourth-order valence-corrected chi connectivity index (χ4v) is 0. The molecule has 0 aliphatic heterocycles. The van der Waals surface area contributed by atoms with Crippen molar-refractivity contribution >= 4 is 69.4 Å². The van der Waals surface area contributed by atoms with Gasteiger partial charge in [-0.3, -0.25) is 0 Å². The summed E-state index contributed by atoms with van der Waals surface area (Å²) in [6, 6.07) is 0. The van der Waals surface area contributed by atoms with Gasteiger partial charge in [0, 0.05) is 97.9 Å². The molecule has 0 atom stereocenters. The average Bonchev–Trinajstić information content (AvgIpc) is 0. The molecular weight excluding hydrogens is 444 g/mol. The molecule has 6 radical (unpaired) electrons. The van der Waals surface area contributed by atoms with Gasteiger partial charge in [-0.15, -0.1) is 0 Å². The SMILES string of the molecule is O.O.O.[AlH3].[AlH3].[Al].[Al].[Mo].[Mo].[Mo].